The number of hydrogen-bond donors (Lipinski definition) is 1. The number of rotatable bonds is 3. The minimum Gasteiger partial charge on any atom is -0.477 e. The van der Waals surface area contributed by atoms with Crippen LogP contribution in [0.2, 0.25) is 0 Å². The Bertz CT molecular complexity index is 822. The molecule has 0 aliphatic heterocycles. The topological polar surface area (TPSA) is 63.3 Å². The number of hydrogen-bond acceptors (Lipinski definition) is 3. The summed E-state index contributed by atoms with van der Waals surface area (Å²) in [6.07, 6.45) is 1.07. The van der Waals surface area contributed by atoms with Crippen LogP contribution in [0.15, 0.2) is 52.9 Å². The van der Waals surface area contributed by atoms with Crippen molar-refractivity contribution in [1.29, 1.82) is 0 Å². The maximum absolute atomic E-state index is 10.9. The number of carboxylic acid groups (broad SMARTS) is 1. The molecular formula is C17H13NO3. The predicted molar refractivity (Wildman–Crippen MR) is 77.5 cm³/mol. The molecule has 1 saturated carbocycles. The third-order valence-corrected chi connectivity index (χ3v) is 4.00. The van der Waals surface area contributed by atoms with Crippen molar-refractivity contribution in [2.45, 2.75) is 18.3 Å². The highest BCUT2D eigenvalue weighted by atomic mass is 16.4. The molecule has 21 heavy (non-hydrogen) atoms. The molecule has 1 aliphatic carbocycles. The van der Waals surface area contributed by atoms with E-state index < -0.39 is 5.97 Å². The maximum Gasteiger partial charge on any atom is 0.354 e. The Morgan fingerprint density at radius 1 is 1.14 bits per heavy atom. The van der Waals surface area contributed by atoms with Gasteiger partial charge in [0.05, 0.1) is 0 Å². The van der Waals surface area contributed by atoms with E-state index in [-0.39, 0.29) is 5.69 Å². The molecule has 2 heterocycles. The van der Waals surface area contributed by atoms with Crippen molar-refractivity contribution >= 4 is 17.1 Å². The average Bonchev–Trinajstić information content (AvgIpc) is 3.19. The number of carbonyl (C=O) groups is 1. The van der Waals surface area contributed by atoms with Crippen molar-refractivity contribution in [1.82, 2.24) is 4.98 Å². The van der Waals surface area contributed by atoms with Gasteiger partial charge in [-0.25, -0.2) is 9.78 Å². The molecule has 0 bridgehead atoms. The Balaban J connectivity index is 1.65. The van der Waals surface area contributed by atoms with Gasteiger partial charge in [0, 0.05) is 11.3 Å². The summed E-state index contributed by atoms with van der Waals surface area (Å²) in [7, 11) is 0. The summed E-state index contributed by atoms with van der Waals surface area (Å²) in [6, 6.07) is 15.6. The number of carboxylic acids is 1. The number of pyridine rings is 1. The minimum atomic E-state index is -1.04. The largest absolute Gasteiger partial charge is 0.477 e. The molecule has 0 saturated heterocycles. The van der Waals surface area contributed by atoms with E-state index in [9.17, 15) is 4.79 Å². The van der Waals surface area contributed by atoms with Crippen LogP contribution in [-0.2, 0) is 0 Å². The Hall–Kier alpha value is -2.62. The van der Waals surface area contributed by atoms with E-state index >= 15 is 0 Å². The lowest BCUT2D eigenvalue weighted by Crippen LogP contribution is -1.98. The quantitative estimate of drug-likeness (QED) is 0.792. The standard InChI is InChI=1S/C17H13NO3/c19-17(20)14-7-6-11-8-15(21-16(11)18-14)13-9-12(13)10-4-2-1-3-5-10/h1-8,12-13H,9H2,(H,19,20). The van der Waals surface area contributed by atoms with Gasteiger partial charge in [-0.3, -0.25) is 0 Å². The fraction of sp³-hybridized carbons (Fsp3) is 0.176. The summed E-state index contributed by atoms with van der Waals surface area (Å²) in [5.74, 6) is 0.720. The van der Waals surface area contributed by atoms with Crippen LogP contribution >= 0.6 is 0 Å². The van der Waals surface area contributed by atoms with Crippen molar-refractivity contribution in [3.8, 4) is 0 Å². The van der Waals surface area contributed by atoms with Crippen LogP contribution in [0.25, 0.3) is 11.1 Å². The zero-order chi connectivity index (χ0) is 14.4. The predicted octanol–water partition coefficient (Wildman–Crippen LogP) is 3.80. The highest BCUT2D eigenvalue weighted by molar-refractivity contribution is 5.88. The number of aromatic carboxylic acids is 1. The number of furan rings is 1. The molecule has 1 N–H and O–H groups in total. The second-order valence-electron chi connectivity index (χ2n) is 5.40. The molecule has 1 aromatic carbocycles. The van der Waals surface area contributed by atoms with Crippen molar-refractivity contribution in [2.75, 3.05) is 0 Å². The van der Waals surface area contributed by atoms with Gasteiger partial charge in [-0.15, -0.1) is 0 Å². The van der Waals surface area contributed by atoms with Gasteiger partial charge in [0.1, 0.15) is 5.76 Å². The zero-order valence-corrected chi connectivity index (χ0v) is 11.2. The lowest BCUT2D eigenvalue weighted by Gasteiger charge is -1.97. The number of benzene rings is 1. The van der Waals surface area contributed by atoms with Gasteiger partial charge < -0.3 is 9.52 Å². The Morgan fingerprint density at radius 3 is 2.71 bits per heavy atom. The van der Waals surface area contributed by atoms with Gasteiger partial charge in [-0.2, -0.15) is 0 Å². The van der Waals surface area contributed by atoms with Gasteiger partial charge in [0.15, 0.2) is 5.69 Å². The Labute approximate surface area is 121 Å². The molecule has 2 aromatic heterocycles. The zero-order valence-electron chi connectivity index (χ0n) is 11.2. The molecular weight excluding hydrogens is 266 g/mol. The third-order valence-electron chi connectivity index (χ3n) is 4.00. The number of fused-ring (bicyclic) bond motifs is 1. The molecule has 4 rings (SSSR count). The molecule has 4 nitrogen and oxygen atoms in total. The molecule has 2 unspecified atom stereocenters. The molecule has 3 aromatic rings. The van der Waals surface area contributed by atoms with Gasteiger partial charge >= 0.3 is 5.97 Å². The first-order chi connectivity index (χ1) is 10.2. The first-order valence-corrected chi connectivity index (χ1v) is 6.91. The van der Waals surface area contributed by atoms with E-state index in [4.69, 9.17) is 9.52 Å². The first kappa shape index (κ1) is 12.1. The lowest BCUT2D eigenvalue weighted by molar-refractivity contribution is 0.0690. The van der Waals surface area contributed by atoms with Crippen LogP contribution in [0.5, 0.6) is 0 Å². The van der Waals surface area contributed by atoms with Crippen LogP contribution < -0.4 is 0 Å². The fourth-order valence-corrected chi connectivity index (χ4v) is 2.82. The van der Waals surface area contributed by atoms with Crippen LogP contribution in [0.4, 0.5) is 0 Å². The first-order valence-electron chi connectivity index (χ1n) is 6.91. The van der Waals surface area contributed by atoms with Crippen LogP contribution in [0.1, 0.15) is 40.1 Å². The highest BCUT2D eigenvalue weighted by Crippen LogP contribution is 2.55. The monoisotopic (exact) mass is 279 g/mol. The summed E-state index contributed by atoms with van der Waals surface area (Å²) in [4.78, 5) is 15.0. The van der Waals surface area contributed by atoms with Crippen molar-refractivity contribution < 1.29 is 14.3 Å². The molecule has 1 aliphatic rings. The molecule has 2 atom stereocenters. The van der Waals surface area contributed by atoms with Crippen molar-refractivity contribution in [3.63, 3.8) is 0 Å². The molecule has 0 spiro atoms. The lowest BCUT2D eigenvalue weighted by atomic mass is 10.1. The van der Waals surface area contributed by atoms with Crippen molar-refractivity contribution in [3.05, 3.63) is 65.5 Å². The summed E-state index contributed by atoms with van der Waals surface area (Å²) < 4.78 is 5.76. The molecule has 0 radical (unpaired) electrons. The fourth-order valence-electron chi connectivity index (χ4n) is 2.82. The summed E-state index contributed by atoms with van der Waals surface area (Å²) in [5, 5.41) is 9.81. The third kappa shape index (κ3) is 2.09. The van der Waals surface area contributed by atoms with E-state index in [2.05, 4.69) is 17.1 Å². The van der Waals surface area contributed by atoms with E-state index in [1.54, 1.807) is 6.07 Å². The second kappa shape index (κ2) is 4.45. The number of aromatic nitrogens is 1. The molecule has 1 fully saturated rings. The van der Waals surface area contributed by atoms with E-state index in [0.717, 1.165) is 17.6 Å². The van der Waals surface area contributed by atoms with E-state index in [1.807, 2.05) is 24.3 Å². The maximum atomic E-state index is 10.9. The van der Waals surface area contributed by atoms with Gasteiger partial charge in [-0.1, -0.05) is 30.3 Å². The average molecular weight is 279 g/mol. The van der Waals surface area contributed by atoms with Gasteiger partial charge in [-0.05, 0) is 36.1 Å². The summed E-state index contributed by atoms with van der Waals surface area (Å²) in [6.45, 7) is 0. The highest BCUT2D eigenvalue weighted by Gasteiger charge is 2.41. The summed E-state index contributed by atoms with van der Waals surface area (Å²) in [5.41, 5.74) is 1.74. The van der Waals surface area contributed by atoms with Gasteiger partial charge in [0.2, 0.25) is 5.71 Å². The minimum absolute atomic E-state index is 0.0128. The Kier molecular flexibility index (Phi) is 2.57. The van der Waals surface area contributed by atoms with E-state index in [1.165, 1.54) is 11.6 Å². The van der Waals surface area contributed by atoms with E-state index in [0.29, 0.717) is 17.5 Å². The van der Waals surface area contributed by atoms with Crippen LogP contribution in [0.3, 0.4) is 0 Å². The molecule has 104 valence electrons. The van der Waals surface area contributed by atoms with Gasteiger partial charge in [0.25, 0.3) is 0 Å². The van der Waals surface area contributed by atoms with Crippen molar-refractivity contribution in [2.24, 2.45) is 0 Å². The second-order valence-corrected chi connectivity index (χ2v) is 5.40. The SMILES string of the molecule is O=C(O)c1ccc2cc(C3CC3c3ccccc3)oc2n1. The molecule has 0 amide bonds. The van der Waals surface area contributed by atoms with Crippen LogP contribution in [-0.4, -0.2) is 16.1 Å². The van der Waals surface area contributed by atoms with Crippen LogP contribution in [0, 0.1) is 0 Å². The normalized spacial score (nSPS) is 20.6. The molecule has 4 heteroatoms. The smallest absolute Gasteiger partial charge is 0.354 e. The number of nitrogens with zero attached hydrogens (tertiary/aromatic N) is 1. The summed E-state index contributed by atoms with van der Waals surface area (Å²) >= 11 is 0. The Morgan fingerprint density at radius 2 is 1.95 bits per heavy atom.